The summed E-state index contributed by atoms with van der Waals surface area (Å²) in [5.74, 6) is 1.98. The van der Waals surface area contributed by atoms with Crippen molar-refractivity contribution in [2.24, 2.45) is 0 Å². The molecule has 4 aromatic rings. The fourth-order valence-corrected chi connectivity index (χ4v) is 3.45. The molecular weight excluding hydrogens is 410 g/mol. The van der Waals surface area contributed by atoms with Crippen molar-refractivity contribution in [3.63, 3.8) is 0 Å². The summed E-state index contributed by atoms with van der Waals surface area (Å²) in [4.78, 5) is 6.64. The zero-order chi connectivity index (χ0) is 21.6. The molecule has 0 N–H and O–H groups in total. The lowest BCUT2D eigenvalue weighted by Crippen LogP contribution is -2.10. The lowest BCUT2D eigenvalue weighted by molar-refractivity contribution is 0.306. The van der Waals surface area contributed by atoms with Gasteiger partial charge in [0.1, 0.15) is 12.4 Å². The van der Waals surface area contributed by atoms with Crippen molar-refractivity contribution in [2.75, 3.05) is 14.1 Å². The molecule has 3 aromatic carbocycles. The molecule has 0 saturated heterocycles. The first-order valence-electron chi connectivity index (χ1n) is 10.1. The predicted octanol–water partition coefficient (Wildman–Crippen LogP) is 5.62. The van der Waals surface area contributed by atoms with Gasteiger partial charge in [0.2, 0.25) is 0 Å². The Morgan fingerprint density at radius 3 is 2.35 bits per heavy atom. The van der Waals surface area contributed by atoms with E-state index in [2.05, 4.69) is 41.3 Å². The van der Waals surface area contributed by atoms with Gasteiger partial charge >= 0.3 is 0 Å². The number of benzene rings is 3. The molecule has 6 heteroatoms. The molecule has 4 rings (SSSR count). The van der Waals surface area contributed by atoms with E-state index in [0.717, 1.165) is 29.0 Å². The normalized spacial score (nSPS) is 11.1. The molecule has 0 amide bonds. The highest BCUT2D eigenvalue weighted by Crippen LogP contribution is 2.21. The van der Waals surface area contributed by atoms with Crippen LogP contribution in [0.2, 0.25) is 5.02 Å². The summed E-state index contributed by atoms with van der Waals surface area (Å²) in [6.07, 6.45) is 0.573. The number of rotatable bonds is 8. The molecule has 5 nitrogen and oxygen atoms in total. The molecule has 158 valence electrons. The molecule has 0 saturated carbocycles. The largest absolute Gasteiger partial charge is 0.489 e. The van der Waals surface area contributed by atoms with E-state index in [1.165, 1.54) is 5.56 Å². The van der Waals surface area contributed by atoms with Crippen LogP contribution in [0.3, 0.4) is 0 Å². The summed E-state index contributed by atoms with van der Waals surface area (Å²) in [5.41, 5.74) is 4.25. The lowest BCUT2D eigenvalue weighted by atomic mass is 10.1. The van der Waals surface area contributed by atoms with E-state index in [-0.39, 0.29) is 0 Å². The van der Waals surface area contributed by atoms with Gasteiger partial charge in [0.25, 0.3) is 5.89 Å². The second kappa shape index (κ2) is 9.77. The Morgan fingerprint density at radius 1 is 0.903 bits per heavy atom. The van der Waals surface area contributed by atoms with Gasteiger partial charge in [-0.15, -0.1) is 0 Å². The van der Waals surface area contributed by atoms with Gasteiger partial charge in [-0.1, -0.05) is 53.2 Å². The molecule has 0 aliphatic heterocycles. The Morgan fingerprint density at radius 2 is 1.65 bits per heavy atom. The summed E-state index contributed by atoms with van der Waals surface area (Å²) in [7, 11) is 4.12. The van der Waals surface area contributed by atoms with E-state index in [4.69, 9.17) is 20.9 Å². The highest BCUT2D eigenvalue weighted by Gasteiger charge is 2.10. The molecule has 0 aliphatic rings. The Bertz CT molecular complexity index is 1120. The number of halogens is 1. The third-order valence-corrected chi connectivity index (χ3v) is 4.98. The third kappa shape index (κ3) is 5.94. The molecule has 0 unspecified atom stereocenters. The van der Waals surface area contributed by atoms with Crippen LogP contribution < -0.4 is 4.74 Å². The molecule has 1 heterocycles. The zero-order valence-electron chi connectivity index (χ0n) is 17.6. The Kier molecular flexibility index (Phi) is 6.65. The second-order valence-electron chi connectivity index (χ2n) is 7.69. The summed E-state index contributed by atoms with van der Waals surface area (Å²) in [6.45, 7) is 1.41. The number of ether oxygens (including phenoxy) is 1. The predicted molar refractivity (Wildman–Crippen MR) is 122 cm³/mol. The van der Waals surface area contributed by atoms with Gasteiger partial charge in [-0.05, 0) is 67.2 Å². The molecule has 0 bridgehead atoms. The maximum atomic E-state index is 6.04. The fraction of sp³-hybridized carbons (Fsp3) is 0.200. The highest BCUT2D eigenvalue weighted by molar-refractivity contribution is 6.30. The first kappa shape index (κ1) is 21.1. The number of nitrogens with zero attached hydrogens (tertiary/aromatic N) is 3. The minimum absolute atomic E-state index is 0.497. The minimum Gasteiger partial charge on any atom is -0.489 e. The van der Waals surface area contributed by atoms with Crippen molar-refractivity contribution in [1.29, 1.82) is 0 Å². The van der Waals surface area contributed by atoms with Crippen LogP contribution in [0.4, 0.5) is 0 Å². The number of hydrogen-bond acceptors (Lipinski definition) is 5. The fourth-order valence-electron chi connectivity index (χ4n) is 3.24. The first-order chi connectivity index (χ1) is 15.0. The quantitative estimate of drug-likeness (QED) is 0.361. The van der Waals surface area contributed by atoms with Crippen molar-refractivity contribution < 1.29 is 9.26 Å². The smallest absolute Gasteiger partial charge is 0.257 e. The summed E-state index contributed by atoms with van der Waals surface area (Å²) < 4.78 is 11.3. The van der Waals surface area contributed by atoms with Crippen LogP contribution in [-0.4, -0.2) is 29.1 Å². The topological polar surface area (TPSA) is 51.4 Å². The van der Waals surface area contributed by atoms with Crippen molar-refractivity contribution in [3.8, 4) is 17.2 Å². The van der Waals surface area contributed by atoms with Crippen LogP contribution >= 0.6 is 11.6 Å². The van der Waals surface area contributed by atoms with Crippen molar-refractivity contribution in [1.82, 2.24) is 15.0 Å². The number of hydrogen-bond donors (Lipinski definition) is 0. The molecule has 0 spiro atoms. The average Bonchev–Trinajstić information content (AvgIpc) is 3.22. The molecule has 1 aromatic heterocycles. The average molecular weight is 434 g/mol. The van der Waals surface area contributed by atoms with Gasteiger partial charge < -0.3 is 14.2 Å². The standard InChI is InChI=1S/C25H24ClN3O2/c1-29(2)16-18-8-12-23(13-9-18)30-17-19-6-10-21(11-7-19)25-27-24(28-31-25)15-20-4-3-5-22(26)14-20/h3-14H,15-17H2,1-2H3. The van der Waals surface area contributed by atoms with Gasteiger partial charge in [0.05, 0.1) is 0 Å². The van der Waals surface area contributed by atoms with E-state index in [1.807, 2.05) is 60.7 Å². The molecule has 0 aliphatic carbocycles. The van der Waals surface area contributed by atoms with Crippen molar-refractivity contribution in [2.45, 2.75) is 19.6 Å². The van der Waals surface area contributed by atoms with E-state index in [9.17, 15) is 0 Å². The van der Waals surface area contributed by atoms with Gasteiger partial charge in [-0.25, -0.2) is 0 Å². The zero-order valence-corrected chi connectivity index (χ0v) is 18.3. The molecule has 0 fully saturated rings. The van der Waals surface area contributed by atoms with Crippen LogP contribution in [0.1, 0.15) is 22.5 Å². The monoisotopic (exact) mass is 433 g/mol. The number of aromatic nitrogens is 2. The Hall–Kier alpha value is -3.15. The van der Waals surface area contributed by atoms with Gasteiger partial charge in [-0.2, -0.15) is 4.98 Å². The SMILES string of the molecule is CN(C)Cc1ccc(OCc2ccc(-c3nc(Cc4cccc(Cl)c4)no3)cc2)cc1. The van der Waals surface area contributed by atoms with Crippen LogP contribution in [0.15, 0.2) is 77.3 Å². The maximum Gasteiger partial charge on any atom is 0.257 e. The highest BCUT2D eigenvalue weighted by atomic mass is 35.5. The Labute approximate surface area is 187 Å². The van der Waals surface area contributed by atoms with Crippen LogP contribution in [-0.2, 0) is 19.6 Å². The van der Waals surface area contributed by atoms with Crippen LogP contribution in [0, 0.1) is 0 Å². The van der Waals surface area contributed by atoms with E-state index < -0.39 is 0 Å². The van der Waals surface area contributed by atoms with E-state index >= 15 is 0 Å². The molecular formula is C25H24ClN3O2. The van der Waals surface area contributed by atoms with Crippen molar-refractivity contribution in [3.05, 3.63) is 100 Å². The lowest BCUT2D eigenvalue weighted by Gasteiger charge is -2.11. The van der Waals surface area contributed by atoms with Crippen molar-refractivity contribution >= 4 is 11.6 Å². The minimum atomic E-state index is 0.497. The van der Waals surface area contributed by atoms with Crippen LogP contribution in [0.5, 0.6) is 5.75 Å². The molecule has 0 radical (unpaired) electrons. The van der Waals surface area contributed by atoms with Gasteiger partial charge in [-0.3, -0.25) is 0 Å². The summed E-state index contributed by atoms with van der Waals surface area (Å²) >= 11 is 6.04. The van der Waals surface area contributed by atoms with Crippen LogP contribution in [0.25, 0.3) is 11.5 Å². The Balaban J connectivity index is 1.34. The second-order valence-corrected chi connectivity index (χ2v) is 8.13. The third-order valence-electron chi connectivity index (χ3n) is 4.75. The van der Waals surface area contributed by atoms with E-state index in [1.54, 1.807) is 0 Å². The maximum absolute atomic E-state index is 6.04. The van der Waals surface area contributed by atoms with Gasteiger partial charge in [0.15, 0.2) is 5.82 Å². The van der Waals surface area contributed by atoms with E-state index in [0.29, 0.717) is 29.8 Å². The summed E-state index contributed by atoms with van der Waals surface area (Å²) in [6, 6.07) is 23.8. The molecule has 0 atom stereocenters. The summed E-state index contributed by atoms with van der Waals surface area (Å²) in [5, 5.41) is 4.78. The molecule has 31 heavy (non-hydrogen) atoms. The first-order valence-corrected chi connectivity index (χ1v) is 10.5. The van der Waals surface area contributed by atoms with Gasteiger partial charge in [0, 0.05) is 23.6 Å².